The van der Waals surface area contributed by atoms with Crippen LogP contribution in [0.3, 0.4) is 0 Å². The molecule has 84 valence electrons. The molecule has 0 spiro atoms. The van der Waals surface area contributed by atoms with Crippen LogP contribution in [0.25, 0.3) is 22.7 Å². The van der Waals surface area contributed by atoms with Crippen LogP contribution < -0.4 is 5.73 Å². The fourth-order valence-electron chi connectivity index (χ4n) is 1.56. The number of oxazole rings is 1. The Morgan fingerprint density at radius 1 is 1.18 bits per heavy atom. The molecule has 2 aromatic heterocycles. The van der Waals surface area contributed by atoms with Crippen LogP contribution >= 0.6 is 11.6 Å². The number of para-hydroxylation sites is 1. The highest BCUT2D eigenvalue weighted by Crippen LogP contribution is 2.28. The Morgan fingerprint density at radius 2 is 2.06 bits per heavy atom. The third-order valence-corrected chi connectivity index (χ3v) is 2.67. The van der Waals surface area contributed by atoms with Crippen LogP contribution in [0.1, 0.15) is 0 Å². The molecule has 0 aliphatic rings. The van der Waals surface area contributed by atoms with Gasteiger partial charge in [-0.1, -0.05) is 17.7 Å². The highest BCUT2D eigenvalue weighted by Gasteiger charge is 2.11. The van der Waals surface area contributed by atoms with Gasteiger partial charge in [-0.05, 0) is 24.3 Å². The Bertz CT molecular complexity index is 676. The molecule has 4 nitrogen and oxygen atoms in total. The van der Waals surface area contributed by atoms with Gasteiger partial charge >= 0.3 is 0 Å². The van der Waals surface area contributed by atoms with E-state index in [9.17, 15) is 0 Å². The van der Waals surface area contributed by atoms with Gasteiger partial charge in [0.15, 0.2) is 5.58 Å². The zero-order valence-electron chi connectivity index (χ0n) is 8.72. The van der Waals surface area contributed by atoms with Gasteiger partial charge in [-0.3, -0.25) is 0 Å². The first-order valence-corrected chi connectivity index (χ1v) is 5.39. The quantitative estimate of drug-likeness (QED) is 0.715. The molecule has 0 bridgehead atoms. The third-order valence-electron chi connectivity index (χ3n) is 2.37. The molecule has 0 fully saturated rings. The molecule has 0 radical (unpaired) electrons. The molecule has 0 aliphatic heterocycles. The summed E-state index contributed by atoms with van der Waals surface area (Å²) >= 11 is 6.01. The molecule has 17 heavy (non-hydrogen) atoms. The van der Waals surface area contributed by atoms with E-state index in [1.165, 1.54) is 0 Å². The summed E-state index contributed by atoms with van der Waals surface area (Å²) in [4.78, 5) is 8.47. The van der Waals surface area contributed by atoms with Gasteiger partial charge in [-0.2, -0.15) is 0 Å². The van der Waals surface area contributed by atoms with Crippen LogP contribution in [-0.2, 0) is 0 Å². The van der Waals surface area contributed by atoms with Crippen molar-refractivity contribution in [1.82, 2.24) is 9.97 Å². The van der Waals surface area contributed by atoms with Crippen molar-refractivity contribution in [3.63, 3.8) is 0 Å². The summed E-state index contributed by atoms with van der Waals surface area (Å²) in [5, 5.41) is 0.539. The van der Waals surface area contributed by atoms with E-state index < -0.39 is 0 Å². The molecule has 3 aromatic rings. The zero-order chi connectivity index (χ0) is 11.8. The minimum Gasteiger partial charge on any atom is -0.433 e. The van der Waals surface area contributed by atoms with Crippen molar-refractivity contribution >= 4 is 28.4 Å². The van der Waals surface area contributed by atoms with Gasteiger partial charge in [0, 0.05) is 0 Å². The van der Waals surface area contributed by atoms with Crippen LogP contribution in [0.5, 0.6) is 0 Å². The van der Waals surface area contributed by atoms with Gasteiger partial charge in [0.05, 0.1) is 16.9 Å². The highest BCUT2D eigenvalue weighted by atomic mass is 35.5. The van der Waals surface area contributed by atoms with E-state index in [-0.39, 0.29) is 0 Å². The lowest BCUT2D eigenvalue weighted by Crippen LogP contribution is -1.87. The Hall–Kier alpha value is -2.07. The van der Waals surface area contributed by atoms with Crippen molar-refractivity contribution in [2.75, 3.05) is 5.73 Å². The maximum atomic E-state index is 6.01. The van der Waals surface area contributed by atoms with E-state index >= 15 is 0 Å². The first-order valence-electron chi connectivity index (χ1n) is 5.01. The maximum Gasteiger partial charge on any atom is 0.246 e. The van der Waals surface area contributed by atoms with Gasteiger partial charge in [0.1, 0.15) is 11.2 Å². The van der Waals surface area contributed by atoms with E-state index in [0.29, 0.717) is 33.4 Å². The molecular formula is C12H8ClN3O. The molecule has 2 N–H and O–H groups in total. The van der Waals surface area contributed by atoms with Crippen molar-refractivity contribution in [3.8, 4) is 11.6 Å². The number of halogens is 1. The molecule has 2 heterocycles. The predicted octanol–water partition coefficient (Wildman–Crippen LogP) is 3.13. The SMILES string of the molecule is Nc1ccc(-c2nc3cccc(Cl)c3o2)nc1. The van der Waals surface area contributed by atoms with Crippen molar-refractivity contribution in [2.45, 2.75) is 0 Å². The molecule has 0 amide bonds. The number of pyridine rings is 1. The number of rotatable bonds is 1. The summed E-state index contributed by atoms with van der Waals surface area (Å²) in [6.07, 6.45) is 1.56. The van der Waals surface area contributed by atoms with Gasteiger partial charge in [0.25, 0.3) is 0 Å². The topological polar surface area (TPSA) is 64.9 Å². The predicted molar refractivity (Wildman–Crippen MR) is 66.7 cm³/mol. The second-order valence-corrected chi connectivity index (χ2v) is 3.99. The van der Waals surface area contributed by atoms with E-state index in [4.69, 9.17) is 21.8 Å². The van der Waals surface area contributed by atoms with Crippen LogP contribution in [0, 0.1) is 0 Å². The second kappa shape index (κ2) is 3.75. The van der Waals surface area contributed by atoms with Crippen molar-refractivity contribution in [2.24, 2.45) is 0 Å². The first kappa shape index (κ1) is 10.1. The Kier molecular flexibility index (Phi) is 2.23. The molecule has 0 atom stereocenters. The number of benzene rings is 1. The smallest absolute Gasteiger partial charge is 0.246 e. The van der Waals surface area contributed by atoms with Crippen LogP contribution in [-0.4, -0.2) is 9.97 Å². The average Bonchev–Trinajstić information content (AvgIpc) is 2.75. The average molecular weight is 246 g/mol. The number of fused-ring (bicyclic) bond motifs is 1. The van der Waals surface area contributed by atoms with E-state index in [0.717, 1.165) is 0 Å². The zero-order valence-corrected chi connectivity index (χ0v) is 9.48. The molecule has 3 rings (SSSR count). The second-order valence-electron chi connectivity index (χ2n) is 3.58. The minimum absolute atomic E-state index is 0.438. The molecule has 0 aliphatic carbocycles. The van der Waals surface area contributed by atoms with Gasteiger partial charge in [-0.15, -0.1) is 0 Å². The number of nitrogens with two attached hydrogens (primary N) is 1. The van der Waals surface area contributed by atoms with Crippen LogP contribution in [0.4, 0.5) is 5.69 Å². The summed E-state index contributed by atoms with van der Waals surface area (Å²) in [7, 11) is 0. The summed E-state index contributed by atoms with van der Waals surface area (Å²) < 4.78 is 5.58. The number of aromatic nitrogens is 2. The maximum absolute atomic E-state index is 6.01. The Balaban J connectivity index is 2.18. The van der Waals surface area contributed by atoms with Gasteiger partial charge < -0.3 is 10.2 Å². The lowest BCUT2D eigenvalue weighted by Gasteiger charge is -1.94. The summed E-state index contributed by atoms with van der Waals surface area (Å²) in [5.41, 5.74) is 8.09. The first-order chi connectivity index (χ1) is 8.24. The number of nitrogen functional groups attached to an aromatic ring is 1. The standard InChI is InChI=1S/C12H8ClN3O/c13-8-2-1-3-9-11(8)17-12(16-9)10-5-4-7(14)6-15-10/h1-6H,14H2. The third kappa shape index (κ3) is 1.72. The summed E-state index contributed by atoms with van der Waals surface area (Å²) in [6.45, 7) is 0. The Labute approximate surface area is 102 Å². The largest absolute Gasteiger partial charge is 0.433 e. The van der Waals surface area contributed by atoms with Crippen molar-refractivity contribution in [1.29, 1.82) is 0 Å². The molecule has 1 aromatic carbocycles. The van der Waals surface area contributed by atoms with E-state index in [2.05, 4.69) is 9.97 Å². The summed E-state index contributed by atoms with van der Waals surface area (Å²) in [6, 6.07) is 8.93. The van der Waals surface area contributed by atoms with E-state index in [1.54, 1.807) is 24.4 Å². The highest BCUT2D eigenvalue weighted by molar-refractivity contribution is 6.34. The van der Waals surface area contributed by atoms with Gasteiger partial charge in [-0.25, -0.2) is 9.97 Å². The van der Waals surface area contributed by atoms with Crippen molar-refractivity contribution in [3.05, 3.63) is 41.6 Å². The molecule has 0 unspecified atom stereocenters. The normalized spacial score (nSPS) is 10.9. The lowest BCUT2D eigenvalue weighted by atomic mass is 10.3. The fraction of sp³-hybridized carbons (Fsp3) is 0. The molecule has 0 saturated carbocycles. The number of hydrogen-bond donors (Lipinski definition) is 1. The van der Waals surface area contributed by atoms with Crippen molar-refractivity contribution < 1.29 is 4.42 Å². The minimum atomic E-state index is 0.438. The van der Waals surface area contributed by atoms with E-state index in [1.807, 2.05) is 12.1 Å². The number of nitrogens with zero attached hydrogens (tertiary/aromatic N) is 2. The fourth-order valence-corrected chi connectivity index (χ4v) is 1.76. The number of hydrogen-bond acceptors (Lipinski definition) is 4. The molecular weight excluding hydrogens is 238 g/mol. The Morgan fingerprint density at radius 3 is 2.76 bits per heavy atom. The monoisotopic (exact) mass is 245 g/mol. The number of anilines is 1. The van der Waals surface area contributed by atoms with Gasteiger partial charge in [0.2, 0.25) is 5.89 Å². The molecule has 0 saturated heterocycles. The summed E-state index contributed by atoms with van der Waals surface area (Å²) in [5.74, 6) is 0.438. The lowest BCUT2D eigenvalue weighted by molar-refractivity contribution is 0.617. The van der Waals surface area contributed by atoms with Crippen LogP contribution in [0.2, 0.25) is 5.02 Å². The molecule has 5 heteroatoms. The van der Waals surface area contributed by atoms with Crippen LogP contribution in [0.15, 0.2) is 40.9 Å².